The summed E-state index contributed by atoms with van der Waals surface area (Å²) < 4.78 is 20.2. The smallest absolute Gasteiger partial charge is 0.317 e. The first-order valence-electron chi connectivity index (χ1n) is 11.6. The van der Waals surface area contributed by atoms with Crippen molar-refractivity contribution in [3.05, 3.63) is 40.9 Å². The Bertz CT molecular complexity index is 1280. The predicted molar refractivity (Wildman–Crippen MR) is 130 cm³/mol. The minimum Gasteiger partial charge on any atom is -0.378 e. The highest BCUT2D eigenvalue weighted by Gasteiger charge is 2.27. The number of H-pyrrole nitrogens is 1. The van der Waals surface area contributed by atoms with E-state index in [0.717, 1.165) is 19.3 Å². The van der Waals surface area contributed by atoms with E-state index in [-0.39, 0.29) is 29.5 Å². The summed E-state index contributed by atoms with van der Waals surface area (Å²) in [6, 6.07) is 4.80. The predicted octanol–water partition coefficient (Wildman–Crippen LogP) is 4.05. The molecule has 0 unspecified atom stereocenters. The van der Waals surface area contributed by atoms with Crippen LogP contribution in [-0.4, -0.2) is 64.3 Å². The largest absolute Gasteiger partial charge is 0.378 e. The van der Waals surface area contributed by atoms with Gasteiger partial charge in [-0.05, 0) is 37.8 Å². The molecule has 3 N–H and O–H groups in total. The number of rotatable bonds is 4. The number of hydrogen-bond donors (Lipinski definition) is 3. The molecular formula is C24H25ClFN7O2. The Balaban J connectivity index is 1.35. The van der Waals surface area contributed by atoms with Crippen LogP contribution < -0.4 is 10.6 Å². The van der Waals surface area contributed by atoms with Crippen molar-refractivity contribution in [2.75, 3.05) is 31.6 Å². The van der Waals surface area contributed by atoms with Crippen LogP contribution in [0.2, 0.25) is 5.02 Å². The fourth-order valence-electron chi connectivity index (χ4n) is 4.73. The zero-order valence-corrected chi connectivity index (χ0v) is 19.7. The summed E-state index contributed by atoms with van der Waals surface area (Å²) in [6.07, 6.45) is 6.45. The number of carbonyl (C=O) groups is 1. The number of anilines is 1. The van der Waals surface area contributed by atoms with Gasteiger partial charge in [0.25, 0.3) is 0 Å². The van der Waals surface area contributed by atoms with Crippen LogP contribution in [0.15, 0.2) is 24.5 Å². The standard InChI is InChI=1S/C24H25ClFN7O2/c25-15-9-18-19(13-29-22(18)28-12-15)21-14(11-27)8-20(26)23(32-21)30-16-2-1-3-17(10-16)31-24(34)33-4-6-35-7-5-33/h8-9,12-13,16-17H,1-7,10H2,(H,28,29)(H,30,32)(H,31,34)/t16-,17+/m1/s1. The van der Waals surface area contributed by atoms with Crippen LogP contribution in [0.25, 0.3) is 22.3 Å². The molecule has 2 aliphatic rings. The van der Waals surface area contributed by atoms with Crippen LogP contribution in [0.5, 0.6) is 0 Å². The molecule has 11 heteroatoms. The Morgan fingerprint density at radius 2 is 2.09 bits per heavy atom. The Morgan fingerprint density at radius 1 is 1.29 bits per heavy atom. The fourth-order valence-corrected chi connectivity index (χ4v) is 4.89. The van der Waals surface area contributed by atoms with E-state index in [9.17, 15) is 14.4 Å². The molecule has 0 bridgehead atoms. The molecule has 1 saturated carbocycles. The van der Waals surface area contributed by atoms with Crippen LogP contribution in [0.4, 0.5) is 15.0 Å². The molecule has 35 heavy (non-hydrogen) atoms. The second-order valence-corrected chi connectivity index (χ2v) is 9.27. The molecule has 0 radical (unpaired) electrons. The average molecular weight is 498 g/mol. The van der Waals surface area contributed by atoms with Gasteiger partial charge in [0, 0.05) is 48.5 Å². The first-order valence-corrected chi connectivity index (χ1v) is 12.0. The Hall–Kier alpha value is -3.42. The van der Waals surface area contributed by atoms with Crippen molar-refractivity contribution in [1.29, 1.82) is 5.26 Å². The first-order chi connectivity index (χ1) is 17.0. The molecule has 4 heterocycles. The minimum absolute atomic E-state index is 0.0145. The van der Waals surface area contributed by atoms with Gasteiger partial charge >= 0.3 is 6.03 Å². The molecule has 1 aliphatic heterocycles. The molecule has 5 rings (SSSR count). The van der Waals surface area contributed by atoms with Gasteiger partial charge in [0.05, 0.1) is 29.5 Å². The number of hydrogen-bond acceptors (Lipinski definition) is 6. The van der Waals surface area contributed by atoms with Gasteiger partial charge in [-0.15, -0.1) is 0 Å². The SMILES string of the molecule is N#Cc1cc(F)c(N[C@@H]2CCC[C@H](NC(=O)N3CCOCC3)C2)nc1-c1c[nH]c2ncc(Cl)cc12. The van der Waals surface area contributed by atoms with Gasteiger partial charge in [-0.2, -0.15) is 5.26 Å². The van der Waals surface area contributed by atoms with E-state index >= 15 is 0 Å². The molecular weight excluding hydrogens is 473 g/mol. The molecule has 1 saturated heterocycles. The monoisotopic (exact) mass is 497 g/mol. The number of pyridine rings is 2. The number of urea groups is 1. The number of fused-ring (bicyclic) bond motifs is 1. The van der Waals surface area contributed by atoms with E-state index in [1.165, 1.54) is 12.3 Å². The summed E-state index contributed by atoms with van der Waals surface area (Å²) in [5, 5.41) is 17.1. The quantitative estimate of drug-likeness (QED) is 0.500. The first kappa shape index (κ1) is 23.3. The molecule has 0 spiro atoms. The van der Waals surface area contributed by atoms with E-state index in [1.807, 2.05) is 6.07 Å². The third-order valence-electron chi connectivity index (χ3n) is 6.49. The number of nitrogens with zero attached hydrogens (tertiary/aromatic N) is 4. The number of morpholine rings is 1. The number of nitriles is 1. The Kier molecular flexibility index (Phi) is 6.70. The van der Waals surface area contributed by atoms with Crippen molar-refractivity contribution in [2.45, 2.75) is 37.8 Å². The number of nitrogens with one attached hydrogen (secondary N) is 3. The number of ether oxygens (including phenoxy) is 1. The van der Waals surface area contributed by atoms with Gasteiger partial charge in [-0.25, -0.2) is 19.2 Å². The van der Waals surface area contributed by atoms with Crippen LogP contribution in [0.3, 0.4) is 0 Å². The maximum Gasteiger partial charge on any atom is 0.317 e. The third-order valence-corrected chi connectivity index (χ3v) is 6.70. The minimum atomic E-state index is -0.597. The van der Waals surface area contributed by atoms with Gasteiger partial charge in [0.1, 0.15) is 11.7 Å². The van der Waals surface area contributed by atoms with Crippen molar-refractivity contribution in [3.8, 4) is 17.3 Å². The summed E-state index contributed by atoms with van der Waals surface area (Å²) in [5.74, 6) is -0.519. The molecule has 2 atom stereocenters. The average Bonchev–Trinajstić information content (AvgIpc) is 3.28. The van der Waals surface area contributed by atoms with Gasteiger partial charge in [-0.1, -0.05) is 11.6 Å². The second-order valence-electron chi connectivity index (χ2n) is 8.83. The van der Waals surface area contributed by atoms with Crippen molar-refractivity contribution < 1.29 is 13.9 Å². The molecule has 1 aliphatic carbocycles. The topological polar surface area (TPSA) is 119 Å². The van der Waals surface area contributed by atoms with Crippen LogP contribution in [-0.2, 0) is 4.74 Å². The molecule has 0 aromatic carbocycles. The highest BCUT2D eigenvalue weighted by atomic mass is 35.5. The maximum atomic E-state index is 14.9. The Morgan fingerprint density at radius 3 is 2.89 bits per heavy atom. The number of aromatic amines is 1. The summed E-state index contributed by atoms with van der Waals surface area (Å²) in [6.45, 7) is 2.26. The number of carbonyl (C=O) groups excluding carboxylic acids is 1. The number of halogens is 2. The van der Waals surface area contributed by atoms with Gasteiger partial charge in [0.15, 0.2) is 11.6 Å². The van der Waals surface area contributed by atoms with Crippen molar-refractivity contribution in [3.63, 3.8) is 0 Å². The highest BCUT2D eigenvalue weighted by molar-refractivity contribution is 6.31. The molecule has 2 amide bonds. The van der Waals surface area contributed by atoms with Gasteiger partial charge in [0.2, 0.25) is 0 Å². The molecule has 2 fully saturated rings. The Labute approximate surface area is 206 Å². The molecule has 182 valence electrons. The highest BCUT2D eigenvalue weighted by Crippen LogP contribution is 2.33. The van der Waals surface area contributed by atoms with Crippen molar-refractivity contribution in [2.24, 2.45) is 0 Å². The van der Waals surface area contributed by atoms with E-state index in [4.69, 9.17) is 16.3 Å². The van der Waals surface area contributed by atoms with E-state index < -0.39 is 5.82 Å². The zero-order valence-electron chi connectivity index (χ0n) is 19.0. The molecule has 9 nitrogen and oxygen atoms in total. The lowest BCUT2D eigenvalue weighted by atomic mass is 9.91. The van der Waals surface area contributed by atoms with E-state index in [2.05, 4.69) is 25.6 Å². The van der Waals surface area contributed by atoms with Crippen molar-refractivity contribution in [1.82, 2.24) is 25.2 Å². The summed E-state index contributed by atoms with van der Waals surface area (Å²) in [4.78, 5) is 26.1. The van der Waals surface area contributed by atoms with Gasteiger partial charge in [-0.3, -0.25) is 0 Å². The van der Waals surface area contributed by atoms with Gasteiger partial charge < -0.3 is 25.3 Å². The second kappa shape index (κ2) is 10.1. The normalized spacial score (nSPS) is 20.4. The van der Waals surface area contributed by atoms with Crippen molar-refractivity contribution >= 4 is 34.5 Å². The maximum absolute atomic E-state index is 14.9. The lowest BCUT2D eigenvalue weighted by molar-refractivity contribution is 0.0521. The summed E-state index contributed by atoms with van der Waals surface area (Å²) in [5.41, 5.74) is 1.68. The van der Waals surface area contributed by atoms with Crippen LogP contribution in [0, 0.1) is 17.1 Å². The lowest BCUT2D eigenvalue weighted by Gasteiger charge is -2.33. The van der Waals surface area contributed by atoms with Crippen LogP contribution in [0.1, 0.15) is 31.2 Å². The summed E-state index contributed by atoms with van der Waals surface area (Å²) in [7, 11) is 0. The third kappa shape index (κ3) is 5.01. The lowest BCUT2D eigenvalue weighted by Crippen LogP contribution is -2.51. The van der Waals surface area contributed by atoms with E-state index in [1.54, 1.807) is 17.2 Å². The number of aromatic nitrogens is 3. The fraction of sp³-hybridized carbons (Fsp3) is 0.417. The number of amides is 2. The van der Waals surface area contributed by atoms with E-state index in [0.29, 0.717) is 60.0 Å². The molecule has 3 aromatic heterocycles. The summed E-state index contributed by atoms with van der Waals surface area (Å²) >= 11 is 6.12. The van der Waals surface area contributed by atoms with Crippen LogP contribution >= 0.6 is 11.6 Å². The molecule has 3 aromatic rings. The zero-order chi connectivity index (χ0) is 24.4.